The summed E-state index contributed by atoms with van der Waals surface area (Å²) in [7, 11) is 1.80. The van der Waals surface area contributed by atoms with E-state index in [0.717, 1.165) is 30.6 Å². The van der Waals surface area contributed by atoms with Crippen molar-refractivity contribution in [2.45, 2.75) is 32.7 Å². The molecule has 0 saturated carbocycles. The molecular formula is C15H26N4O. The molecule has 20 heavy (non-hydrogen) atoms. The lowest BCUT2D eigenvalue weighted by Crippen LogP contribution is -2.42. The fraction of sp³-hybridized carbons (Fsp3) is 0.667. The van der Waals surface area contributed by atoms with Gasteiger partial charge in [0.25, 0.3) is 0 Å². The molecule has 1 aromatic heterocycles. The Bertz CT molecular complexity index is 435. The average molecular weight is 278 g/mol. The molecule has 1 unspecified atom stereocenters. The van der Waals surface area contributed by atoms with Gasteiger partial charge in [-0.05, 0) is 51.9 Å². The maximum absolute atomic E-state index is 5.62. The molecule has 2 N–H and O–H groups in total. The normalized spacial score (nSPS) is 18.2. The molecule has 0 bridgehead atoms. The maximum Gasteiger partial charge on any atom is 0.191 e. The second-order valence-electron chi connectivity index (χ2n) is 5.36. The molecule has 1 aromatic rings. The number of furan rings is 1. The summed E-state index contributed by atoms with van der Waals surface area (Å²) >= 11 is 0. The molecular weight excluding hydrogens is 252 g/mol. The first-order valence-electron chi connectivity index (χ1n) is 7.45. The first-order valence-corrected chi connectivity index (χ1v) is 7.45. The summed E-state index contributed by atoms with van der Waals surface area (Å²) in [4.78, 5) is 6.74. The number of guanidine groups is 1. The molecule has 2 heterocycles. The van der Waals surface area contributed by atoms with Crippen LogP contribution in [-0.4, -0.2) is 44.1 Å². The molecule has 5 nitrogen and oxygen atoms in total. The molecule has 0 radical (unpaired) electrons. The van der Waals surface area contributed by atoms with Gasteiger partial charge in [0.15, 0.2) is 5.96 Å². The van der Waals surface area contributed by atoms with Gasteiger partial charge >= 0.3 is 0 Å². The predicted octanol–water partition coefficient (Wildman–Crippen LogP) is 1.91. The van der Waals surface area contributed by atoms with Crippen molar-refractivity contribution < 1.29 is 4.42 Å². The Morgan fingerprint density at radius 1 is 1.40 bits per heavy atom. The summed E-state index contributed by atoms with van der Waals surface area (Å²) in [5, 5.41) is 6.71. The van der Waals surface area contributed by atoms with Crippen molar-refractivity contribution in [1.29, 1.82) is 0 Å². The van der Waals surface area contributed by atoms with Gasteiger partial charge in [-0.3, -0.25) is 4.99 Å². The van der Waals surface area contributed by atoms with E-state index in [2.05, 4.69) is 27.4 Å². The van der Waals surface area contributed by atoms with E-state index in [1.807, 2.05) is 19.1 Å². The molecule has 0 amide bonds. The van der Waals surface area contributed by atoms with E-state index in [1.54, 1.807) is 7.05 Å². The van der Waals surface area contributed by atoms with E-state index < -0.39 is 0 Å². The van der Waals surface area contributed by atoms with Gasteiger partial charge in [-0.25, -0.2) is 0 Å². The fourth-order valence-electron chi connectivity index (χ4n) is 2.50. The van der Waals surface area contributed by atoms with E-state index in [0.29, 0.717) is 0 Å². The maximum atomic E-state index is 5.62. The number of aliphatic imine (C=N–C) groups is 1. The fourth-order valence-corrected chi connectivity index (χ4v) is 2.50. The van der Waals surface area contributed by atoms with Crippen LogP contribution >= 0.6 is 0 Å². The lowest BCUT2D eigenvalue weighted by molar-refractivity contribution is 0.343. The minimum Gasteiger partial charge on any atom is -0.464 e. The van der Waals surface area contributed by atoms with E-state index in [-0.39, 0.29) is 6.04 Å². The molecule has 1 aliphatic heterocycles. The highest BCUT2D eigenvalue weighted by atomic mass is 16.3. The summed E-state index contributed by atoms with van der Waals surface area (Å²) < 4.78 is 5.62. The van der Waals surface area contributed by atoms with Gasteiger partial charge in [0.1, 0.15) is 11.5 Å². The molecule has 5 heteroatoms. The van der Waals surface area contributed by atoms with Crippen LogP contribution in [-0.2, 0) is 0 Å². The van der Waals surface area contributed by atoms with Crippen LogP contribution in [0.5, 0.6) is 0 Å². The Kier molecular flexibility index (Phi) is 5.47. The zero-order valence-electron chi connectivity index (χ0n) is 12.8. The van der Waals surface area contributed by atoms with E-state index in [4.69, 9.17) is 4.42 Å². The minimum atomic E-state index is 0.113. The average Bonchev–Trinajstić information content (AvgIpc) is 3.08. The minimum absolute atomic E-state index is 0.113. The van der Waals surface area contributed by atoms with Crippen molar-refractivity contribution in [3.05, 3.63) is 23.7 Å². The number of likely N-dealkylation sites (tertiary alicyclic amines) is 1. The number of nitrogens with zero attached hydrogens (tertiary/aromatic N) is 2. The van der Waals surface area contributed by atoms with Gasteiger partial charge in [0, 0.05) is 20.1 Å². The van der Waals surface area contributed by atoms with E-state index >= 15 is 0 Å². The first kappa shape index (κ1) is 14.9. The number of aryl methyl sites for hydroxylation is 1. The van der Waals surface area contributed by atoms with Crippen LogP contribution < -0.4 is 10.6 Å². The van der Waals surface area contributed by atoms with Crippen LogP contribution in [0.15, 0.2) is 21.5 Å². The number of hydrogen-bond acceptors (Lipinski definition) is 3. The summed E-state index contributed by atoms with van der Waals surface area (Å²) in [6.07, 6.45) is 2.67. The highest BCUT2D eigenvalue weighted by molar-refractivity contribution is 5.79. The second kappa shape index (κ2) is 7.33. The molecule has 112 valence electrons. The van der Waals surface area contributed by atoms with Crippen LogP contribution in [0.25, 0.3) is 0 Å². The van der Waals surface area contributed by atoms with Gasteiger partial charge in [0.05, 0.1) is 6.04 Å². The highest BCUT2D eigenvalue weighted by Crippen LogP contribution is 2.15. The smallest absolute Gasteiger partial charge is 0.191 e. The zero-order valence-corrected chi connectivity index (χ0v) is 12.8. The van der Waals surface area contributed by atoms with Crippen LogP contribution in [0, 0.1) is 6.92 Å². The lowest BCUT2D eigenvalue weighted by atomic mass is 10.2. The van der Waals surface area contributed by atoms with E-state index in [9.17, 15) is 0 Å². The Morgan fingerprint density at radius 3 is 2.75 bits per heavy atom. The Hall–Kier alpha value is -1.49. The monoisotopic (exact) mass is 278 g/mol. The van der Waals surface area contributed by atoms with Gasteiger partial charge in [-0.1, -0.05) is 0 Å². The second-order valence-corrected chi connectivity index (χ2v) is 5.36. The third kappa shape index (κ3) is 4.27. The van der Waals surface area contributed by atoms with Gasteiger partial charge in [-0.15, -0.1) is 0 Å². The summed E-state index contributed by atoms with van der Waals surface area (Å²) in [5.74, 6) is 2.70. The molecule has 1 fully saturated rings. The van der Waals surface area contributed by atoms with Crippen molar-refractivity contribution in [3.8, 4) is 0 Å². The Labute approximate surface area is 121 Å². The standard InChI is InChI=1S/C15H26N4O/c1-12-6-7-14(20-12)13(2)18-15(16-3)17-8-11-19-9-4-5-10-19/h6-7,13H,4-5,8-11H2,1-3H3,(H2,16,17,18). The molecule has 1 atom stereocenters. The van der Waals surface area contributed by atoms with E-state index in [1.165, 1.54) is 25.9 Å². The molecule has 1 aliphatic rings. The van der Waals surface area contributed by atoms with Crippen LogP contribution in [0.2, 0.25) is 0 Å². The molecule has 2 rings (SSSR count). The van der Waals surface area contributed by atoms with Crippen molar-refractivity contribution in [2.24, 2.45) is 4.99 Å². The summed E-state index contributed by atoms with van der Waals surface area (Å²) in [6, 6.07) is 4.10. The third-order valence-electron chi connectivity index (χ3n) is 3.68. The number of hydrogen-bond donors (Lipinski definition) is 2. The summed E-state index contributed by atoms with van der Waals surface area (Å²) in [6.45, 7) is 8.50. The van der Waals surface area contributed by atoms with Crippen molar-refractivity contribution in [2.75, 3.05) is 33.2 Å². The molecule has 0 spiro atoms. The molecule has 1 saturated heterocycles. The Balaban J connectivity index is 1.74. The molecule has 0 aliphatic carbocycles. The van der Waals surface area contributed by atoms with Crippen molar-refractivity contribution >= 4 is 5.96 Å². The Morgan fingerprint density at radius 2 is 2.15 bits per heavy atom. The van der Waals surface area contributed by atoms with Gasteiger partial charge in [-0.2, -0.15) is 0 Å². The SMILES string of the molecule is CN=C(NCCN1CCCC1)NC(C)c1ccc(C)o1. The number of nitrogens with one attached hydrogen (secondary N) is 2. The third-order valence-corrected chi connectivity index (χ3v) is 3.68. The van der Waals surface area contributed by atoms with Crippen molar-refractivity contribution in [1.82, 2.24) is 15.5 Å². The summed E-state index contributed by atoms with van der Waals surface area (Å²) in [5.41, 5.74) is 0. The highest BCUT2D eigenvalue weighted by Gasteiger charge is 2.13. The first-order chi connectivity index (χ1) is 9.69. The topological polar surface area (TPSA) is 52.8 Å². The lowest BCUT2D eigenvalue weighted by Gasteiger charge is -2.19. The zero-order chi connectivity index (χ0) is 14.4. The van der Waals surface area contributed by atoms with Crippen LogP contribution in [0.1, 0.15) is 37.3 Å². The van der Waals surface area contributed by atoms with Gasteiger partial charge < -0.3 is 20.0 Å². The molecule has 0 aromatic carbocycles. The number of rotatable bonds is 5. The van der Waals surface area contributed by atoms with Crippen molar-refractivity contribution in [3.63, 3.8) is 0 Å². The van der Waals surface area contributed by atoms with Crippen LogP contribution in [0.3, 0.4) is 0 Å². The largest absolute Gasteiger partial charge is 0.464 e. The van der Waals surface area contributed by atoms with Gasteiger partial charge in [0.2, 0.25) is 0 Å². The quantitative estimate of drug-likeness (QED) is 0.638. The predicted molar refractivity (Wildman–Crippen MR) is 82.0 cm³/mol. The van der Waals surface area contributed by atoms with Crippen LogP contribution in [0.4, 0.5) is 0 Å².